The number of amides is 1. The van der Waals surface area contributed by atoms with Crippen LogP contribution in [0.3, 0.4) is 0 Å². The number of hydrogen-bond acceptors (Lipinski definition) is 3. The minimum absolute atomic E-state index is 0.0573. The first kappa shape index (κ1) is 16.5. The molecule has 1 aromatic rings. The molecular formula is C18H26N2O2. The van der Waals surface area contributed by atoms with Gasteiger partial charge in [0.1, 0.15) is 0 Å². The van der Waals surface area contributed by atoms with Gasteiger partial charge in [-0.1, -0.05) is 71.9 Å². The fraction of sp³-hybridized carbons (Fsp3) is 0.556. The summed E-state index contributed by atoms with van der Waals surface area (Å²) in [5, 5.41) is 6.04. The smallest absolute Gasteiger partial charge is 0.251 e. The van der Waals surface area contributed by atoms with Crippen molar-refractivity contribution < 1.29 is 9.53 Å². The van der Waals surface area contributed by atoms with Crippen molar-refractivity contribution in [1.29, 1.82) is 0 Å². The zero-order valence-corrected chi connectivity index (χ0v) is 14.6. The van der Waals surface area contributed by atoms with Crippen LogP contribution in [0.4, 0.5) is 0 Å². The number of hydrazone groups is 1. The summed E-state index contributed by atoms with van der Waals surface area (Å²) in [5.74, 6) is 0.523. The van der Waals surface area contributed by atoms with Crippen LogP contribution >= 0.6 is 0 Å². The van der Waals surface area contributed by atoms with Crippen LogP contribution in [0.5, 0.6) is 0 Å². The topological polar surface area (TPSA) is 41.9 Å². The normalized spacial score (nSPS) is 22.3. The lowest BCUT2D eigenvalue weighted by molar-refractivity contribution is -0.157. The van der Waals surface area contributed by atoms with Gasteiger partial charge in [-0.25, -0.2) is 0 Å². The molecular weight excluding hydrogens is 276 g/mol. The average molecular weight is 302 g/mol. The van der Waals surface area contributed by atoms with Gasteiger partial charge in [0, 0.05) is 23.3 Å². The Morgan fingerprint density at radius 2 is 1.64 bits per heavy atom. The van der Waals surface area contributed by atoms with E-state index in [1.165, 1.54) is 5.01 Å². The van der Waals surface area contributed by atoms with Gasteiger partial charge in [0.2, 0.25) is 11.6 Å². The maximum absolute atomic E-state index is 12.9. The fourth-order valence-electron chi connectivity index (χ4n) is 2.23. The third-order valence-corrected chi connectivity index (χ3v) is 3.68. The molecule has 0 aromatic heterocycles. The lowest BCUT2D eigenvalue weighted by Gasteiger charge is -2.35. The first-order valence-electron chi connectivity index (χ1n) is 7.64. The van der Waals surface area contributed by atoms with Crippen LogP contribution in [-0.2, 0) is 15.3 Å². The maximum Gasteiger partial charge on any atom is 0.251 e. The predicted molar refractivity (Wildman–Crippen MR) is 88.1 cm³/mol. The average Bonchev–Trinajstić information content (AvgIpc) is 2.77. The first-order chi connectivity index (χ1) is 9.96. The van der Waals surface area contributed by atoms with Gasteiger partial charge in [0.05, 0.1) is 0 Å². The number of rotatable bonds is 1. The highest BCUT2D eigenvalue weighted by Gasteiger charge is 2.50. The molecule has 0 aliphatic carbocycles. The molecule has 22 heavy (non-hydrogen) atoms. The van der Waals surface area contributed by atoms with Gasteiger partial charge in [-0.2, -0.15) is 5.01 Å². The molecule has 0 bridgehead atoms. The van der Waals surface area contributed by atoms with Crippen molar-refractivity contribution in [2.75, 3.05) is 0 Å². The molecule has 120 valence electrons. The summed E-state index contributed by atoms with van der Waals surface area (Å²) in [6.07, 6.45) is 0. The molecule has 4 heteroatoms. The lowest BCUT2D eigenvalue weighted by Crippen LogP contribution is -2.47. The SMILES string of the molecule is CC(C)(C)C(=O)N1N=C(C(C)(C)C)OC1(C)c1ccccc1. The van der Waals surface area contributed by atoms with Crippen LogP contribution in [0.2, 0.25) is 0 Å². The summed E-state index contributed by atoms with van der Waals surface area (Å²) < 4.78 is 6.18. The third-order valence-electron chi connectivity index (χ3n) is 3.68. The third kappa shape index (κ3) is 2.87. The number of carbonyl (C=O) groups excluding carboxylic acids is 1. The quantitative estimate of drug-likeness (QED) is 0.783. The Bertz CT molecular complexity index is 594. The Labute approximate surface area is 133 Å². The Balaban J connectivity index is 2.52. The number of hydrogen-bond donors (Lipinski definition) is 0. The summed E-state index contributed by atoms with van der Waals surface area (Å²) in [7, 11) is 0. The lowest BCUT2D eigenvalue weighted by atomic mass is 9.93. The summed E-state index contributed by atoms with van der Waals surface area (Å²) in [4.78, 5) is 12.9. The van der Waals surface area contributed by atoms with E-state index in [1.54, 1.807) is 0 Å². The van der Waals surface area contributed by atoms with E-state index in [0.717, 1.165) is 5.56 Å². The summed E-state index contributed by atoms with van der Waals surface area (Å²) in [5.41, 5.74) is -0.788. The van der Waals surface area contributed by atoms with Gasteiger partial charge in [-0.3, -0.25) is 4.79 Å². The number of nitrogens with zero attached hydrogens (tertiary/aromatic N) is 2. The van der Waals surface area contributed by atoms with E-state index in [2.05, 4.69) is 5.10 Å². The molecule has 1 heterocycles. The second-order valence-corrected chi connectivity index (χ2v) is 7.97. The largest absolute Gasteiger partial charge is 0.447 e. The number of carbonyl (C=O) groups is 1. The minimum Gasteiger partial charge on any atom is -0.447 e. The van der Waals surface area contributed by atoms with E-state index in [1.807, 2.05) is 78.8 Å². The van der Waals surface area contributed by atoms with Crippen LogP contribution in [0.25, 0.3) is 0 Å². The van der Waals surface area contributed by atoms with Crippen molar-refractivity contribution in [3.63, 3.8) is 0 Å². The molecule has 0 radical (unpaired) electrons. The molecule has 0 saturated heterocycles. The van der Waals surface area contributed by atoms with Gasteiger partial charge in [0.25, 0.3) is 5.91 Å². The Kier molecular flexibility index (Phi) is 3.84. The first-order valence-corrected chi connectivity index (χ1v) is 7.64. The molecule has 1 unspecified atom stereocenters. The molecule has 1 atom stereocenters. The molecule has 2 rings (SSSR count). The van der Waals surface area contributed by atoms with Crippen LogP contribution in [0.15, 0.2) is 35.4 Å². The highest BCUT2D eigenvalue weighted by molar-refractivity contribution is 5.89. The van der Waals surface area contributed by atoms with Gasteiger partial charge in [-0.05, 0) is 0 Å². The number of ether oxygens (including phenoxy) is 1. The van der Waals surface area contributed by atoms with Crippen LogP contribution < -0.4 is 0 Å². The Hall–Kier alpha value is -1.84. The fourth-order valence-corrected chi connectivity index (χ4v) is 2.23. The zero-order valence-electron chi connectivity index (χ0n) is 14.6. The van der Waals surface area contributed by atoms with E-state index < -0.39 is 11.1 Å². The predicted octanol–water partition coefficient (Wildman–Crippen LogP) is 4.12. The Morgan fingerprint density at radius 3 is 2.09 bits per heavy atom. The van der Waals surface area contributed by atoms with Crippen LogP contribution in [0.1, 0.15) is 54.0 Å². The summed E-state index contributed by atoms with van der Waals surface area (Å²) in [6, 6.07) is 9.76. The molecule has 1 amide bonds. The summed E-state index contributed by atoms with van der Waals surface area (Å²) >= 11 is 0. The highest BCUT2D eigenvalue weighted by Crippen LogP contribution is 2.40. The van der Waals surface area contributed by atoms with E-state index in [9.17, 15) is 4.79 Å². The molecule has 4 nitrogen and oxygen atoms in total. The molecule has 1 aliphatic rings. The van der Waals surface area contributed by atoms with Gasteiger partial charge in [-0.15, -0.1) is 5.10 Å². The van der Waals surface area contributed by atoms with E-state index in [0.29, 0.717) is 5.90 Å². The van der Waals surface area contributed by atoms with Crippen LogP contribution in [-0.4, -0.2) is 16.8 Å². The van der Waals surface area contributed by atoms with Crippen LogP contribution in [0, 0.1) is 10.8 Å². The number of benzene rings is 1. The van der Waals surface area contributed by atoms with Gasteiger partial charge in [0.15, 0.2) is 0 Å². The van der Waals surface area contributed by atoms with Crippen molar-refractivity contribution in [3.8, 4) is 0 Å². The molecule has 1 aromatic carbocycles. The van der Waals surface area contributed by atoms with Crippen molar-refractivity contribution in [2.45, 2.75) is 54.2 Å². The van der Waals surface area contributed by atoms with Crippen molar-refractivity contribution >= 4 is 11.8 Å². The molecule has 1 aliphatic heterocycles. The van der Waals surface area contributed by atoms with Crippen molar-refractivity contribution in [3.05, 3.63) is 35.9 Å². The molecule has 0 saturated carbocycles. The van der Waals surface area contributed by atoms with E-state index >= 15 is 0 Å². The highest BCUT2D eigenvalue weighted by atomic mass is 16.6. The molecule has 0 fully saturated rings. The minimum atomic E-state index is -0.908. The molecule has 0 N–H and O–H groups in total. The van der Waals surface area contributed by atoms with Gasteiger partial charge >= 0.3 is 0 Å². The zero-order chi connectivity index (χ0) is 16.8. The summed E-state index contributed by atoms with van der Waals surface area (Å²) in [6.45, 7) is 13.7. The standard InChI is InChI=1S/C18H26N2O2/c1-16(2,3)14-19-20(15(21)17(4,5)6)18(7,22-14)13-11-9-8-10-12-13/h8-12H,1-7H3. The van der Waals surface area contributed by atoms with E-state index in [4.69, 9.17) is 4.74 Å². The second-order valence-electron chi connectivity index (χ2n) is 7.97. The maximum atomic E-state index is 12.9. The monoisotopic (exact) mass is 302 g/mol. The molecule has 0 spiro atoms. The Morgan fingerprint density at radius 1 is 1.09 bits per heavy atom. The van der Waals surface area contributed by atoms with Crippen molar-refractivity contribution in [2.24, 2.45) is 15.9 Å². The van der Waals surface area contributed by atoms with Crippen molar-refractivity contribution in [1.82, 2.24) is 5.01 Å². The van der Waals surface area contributed by atoms with Gasteiger partial charge < -0.3 is 4.74 Å². The second kappa shape index (κ2) is 5.11. The van der Waals surface area contributed by atoms with E-state index in [-0.39, 0.29) is 11.3 Å².